The minimum absolute atomic E-state index is 1.04. The molecule has 0 aliphatic heterocycles. The van der Waals surface area contributed by atoms with Gasteiger partial charge in [0.25, 0.3) is 0 Å². The Morgan fingerprint density at radius 2 is 2.29 bits per heavy atom. The number of H-pyrrole nitrogens is 1. The molecule has 2 heterocycles. The first-order valence-electron chi connectivity index (χ1n) is 4.35. The smallest absolute Gasteiger partial charge is 0.0991 e. The van der Waals surface area contributed by atoms with Crippen molar-refractivity contribution in [2.24, 2.45) is 0 Å². The summed E-state index contributed by atoms with van der Waals surface area (Å²) in [6.45, 7) is 0. The van der Waals surface area contributed by atoms with Crippen molar-refractivity contribution in [2.45, 2.75) is 0 Å². The number of imidazole rings is 1. The van der Waals surface area contributed by atoms with Crippen LogP contribution in [-0.2, 0) is 0 Å². The highest BCUT2D eigenvalue weighted by Crippen LogP contribution is 2.19. The van der Waals surface area contributed by atoms with Gasteiger partial charge in [0, 0.05) is 17.8 Å². The number of rotatable bonds is 1. The van der Waals surface area contributed by atoms with E-state index in [4.69, 9.17) is 0 Å². The molecule has 0 amide bonds. The van der Waals surface area contributed by atoms with E-state index in [9.17, 15) is 0 Å². The predicted molar refractivity (Wildman–Crippen MR) is 53.2 cm³/mol. The summed E-state index contributed by atoms with van der Waals surface area (Å²) in [5, 5.41) is 8.05. The van der Waals surface area contributed by atoms with Crippen molar-refractivity contribution in [3.8, 4) is 5.69 Å². The van der Waals surface area contributed by atoms with E-state index in [0.717, 1.165) is 16.6 Å². The third-order valence-electron chi connectivity index (χ3n) is 2.24. The van der Waals surface area contributed by atoms with E-state index >= 15 is 0 Å². The maximum atomic E-state index is 4.02. The molecule has 0 bridgehead atoms. The Hall–Kier alpha value is -2.10. The van der Waals surface area contributed by atoms with Gasteiger partial charge in [0.2, 0.25) is 0 Å². The lowest BCUT2D eigenvalue weighted by atomic mass is 10.2. The highest BCUT2D eigenvalue weighted by atomic mass is 15.1. The van der Waals surface area contributed by atoms with Crippen LogP contribution >= 0.6 is 0 Å². The average molecular weight is 184 g/mol. The minimum atomic E-state index is 1.04. The number of fused-ring (bicyclic) bond motifs is 1. The van der Waals surface area contributed by atoms with Crippen molar-refractivity contribution >= 4 is 10.9 Å². The topological polar surface area (TPSA) is 46.5 Å². The first kappa shape index (κ1) is 7.32. The average Bonchev–Trinajstić information content (AvgIpc) is 2.88. The van der Waals surface area contributed by atoms with E-state index in [2.05, 4.69) is 15.2 Å². The van der Waals surface area contributed by atoms with Gasteiger partial charge in [-0.15, -0.1) is 0 Å². The molecule has 2 aromatic heterocycles. The molecule has 0 aliphatic carbocycles. The second kappa shape index (κ2) is 2.70. The standard InChI is InChI=1S/C10H8N4/c1-2-9-8(6-12-13-9)10(3-1)14-5-4-11-7-14/h1-7H,(H,12,13). The Balaban J connectivity index is 2.36. The summed E-state index contributed by atoms with van der Waals surface area (Å²) in [4.78, 5) is 4.02. The lowest BCUT2D eigenvalue weighted by molar-refractivity contribution is 1.07. The third kappa shape index (κ3) is 0.939. The van der Waals surface area contributed by atoms with Crippen LogP contribution in [0.4, 0.5) is 0 Å². The molecule has 0 spiro atoms. The number of aromatic amines is 1. The van der Waals surface area contributed by atoms with Gasteiger partial charge in [0.05, 0.1) is 23.7 Å². The lowest BCUT2D eigenvalue weighted by Crippen LogP contribution is -1.89. The van der Waals surface area contributed by atoms with Crippen LogP contribution in [0.5, 0.6) is 0 Å². The minimum Gasteiger partial charge on any atom is -0.306 e. The quantitative estimate of drug-likeness (QED) is 0.626. The molecule has 4 nitrogen and oxygen atoms in total. The molecule has 0 aliphatic rings. The van der Waals surface area contributed by atoms with Crippen molar-refractivity contribution in [3.63, 3.8) is 0 Å². The normalized spacial score (nSPS) is 10.9. The molecule has 0 saturated heterocycles. The fraction of sp³-hybridized carbons (Fsp3) is 0. The molecule has 1 aromatic carbocycles. The first-order chi connectivity index (χ1) is 6.95. The van der Waals surface area contributed by atoms with Gasteiger partial charge in [-0.1, -0.05) is 6.07 Å². The summed E-state index contributed by atoms with van der Waals surface area (Å²) in [6, 6.07) is 6.04. The van der Waals surface area contributed by atoms with Gasteiger partial charge in [-0.3, -0.25) is 5.10 Å². The Morgan fingerprint density at radius 3 is 3.14 bits per heavy atom. The van der Waals surface area contributed by atoms with E-state index in [1.807, 2.05) is 35.2 Å². The molecule has 0 radical (unpaired) electrons. The molecule has 0 unspecified atom stereocenters. The van der Waals surface area contributed by atoms with E-state index < -0.39 is 0 Å². The zero-order valence-electron chi connectivity index (χ0n) is 7.38. The molecule has 3 aromatic rings. The van der Waals surface area contributed by atoms with Crippen LogP contribution in [0, 0.1) is 0 Å². The molecule has 0 saturated carbocycles. The molecular formula is C10H8N4. The molecule has 3 rings (SSSR count). The number of nitrogens with one attached hydrogen (secondary N) is 1. The molecular weight excluding hydrogens is 176 g/mol. The summed E-state index contributed by atoms with van der Waals surface area (Å²) in [7, 11) is 0. The monoisotopic (exact) mass is 184 g/mol. The SMILES string of the molecule is c1cc(-n2ccnc2)c2cn[nH]c2c1. The van der Waals surface area contributed by atoms with Crippen LogP contribution in [0.1, 0.15) is 0 Å². The van der Waals surface area contributed by atoms with Crippen molar-refractivity contribution in [1.82, 2.24) is 19.7 Å². The van der Waals surface area contributed by atoms with E-state index in [0.29, 0.717) is 0 Å². The van der Waals surface area contributed by atoms with Crippen LogP contribution in [0.25, 0.3) is 16.6 Å². The Bertz CT molecular complexity index is 550. The number of aromatic nitrogens is 4. The summed E-state index contributed by atoms with van der Waals surface area (Å²) in [5.41, 5.74) is 2.13. The van der Waals surface area contributed by atoms with Gasteiger partial charge in [-0.25, -0.2) is 4.98 Å². The van der Waals surface area contributed by atoms with E-state index in [1.54, 1.807) is 12.5 Å². The van der Waals surface area contributed by atoms with Crippen LogP contribution in [0.3, 0.4) is 0 Å². The Kier molecular flexibility index (Phi) is 1.41. The van der Waals surface area contributed by atoms with Gasteiger partial charge < -0.3 is 4.57 Å². The van der Waals surface area contributed by atoms with Gasteiger partial charge in [-0.05, 0) is 12.1 Å². The van der Waals surface area contributed by atoms with Crippen LogP contribution in [0.2, 0.25) is 0 Å². The zero-order chi connectivity index (χ0) is 9.38. The summed E-state index contributed by atoms with van der Waals surface area (Å²) >= 11 is 0. The lowest BCUT2D eigenvalue weighted by Gasteiger charge is -2.02. The molecule has 0 fully saturated rings. The zero-order valence-corrected chi connectivity index (χ0v) is 7.38. The van der Waals surface area contributed by atoms with Crippen molar-refractivity contribution in [2.75, 3.05) is 0 Å². The van der Waals surface area contributed by atoms with E-state index in [1.165, 1.54) is 0 Å². The van der Waals surface area contributed by atoms with Crippen LogP contribution < -0.4 is 0 Å². The molecule has 14 heavy (non-hydrogen) atoms. The molecule has 0 atom stereocenters. The van der Waals surface area contributed by atoms with Crippen molar-refractivity contribution in [3.05, 3.63) is 43.1 Å². The molecule has 4 heteroatoms. The van der Waals surface area contributed by atoms with Gasteiger partial charge in [-0.2, -0.15) is 5.10 Å². The van der Waals surface area contributed by atoms with Gasteiger partial charge in [0.15, 0.2) is 0 Å². The highest BCUT2D eigenvalue weighted by molar-refractivity contribution is 5.86. The summed E-state index contributed by atoms with van der Waals surface area (Å²) in [5.74, 6) is 0. The fourth-order valence-corrected chi connectivity index (χ4v) is 1.58. The Labute approximate surface area is 80.2 Å². The van der Waals surface area contributed by atoms with Crippen molar-refractivity contribution < 1.29 is 0 Å². The second-order valence-corrected chi connectivity index (χ2v) is 3.08. The Morgan fingerprint density at radius 1 is 1.29 bits per heavy atom. The number of benzene rings is 1. The van der Waals surface area contributed by atoms with Gasteiger partial charge >= 0.3 is 0 Å². The van der Waals surface area contributed by atoms with Gasteiger partial charge in [0.1, 0.15) is 0 Å². The second-order valence-electron chi connectivity index (χ2n) is 3.08. The first-order valence-corrected chi connectivity index (χ1v) is 4.35. The molecule has 1 N–H and O–H groups in total. The summed E-state index contributed by atoms with van der Waals surface area (Å²) in [6.07, 6.45) is 7.28. The molecule has 68 valence electrons. The largest absolute Gasteiger partial charge is 0.306 e. The predicted octanol–water partition coefficient (Wildman–Crippen LogP) is 1.75. The van der Waals surface area contributed by atoms with E-state index in [-0.39, 0.29) is 0 Å². The fourth-order valence-electron chi connectivity index (χ4n) is 1.58. The number of hydrogen-bond acceptors (Lipinski definition) is 2. The highest BCUT2D eigenvalue weighted by Gasteiger charge is 2.02. The van der Waals surface area contributed by atoms with Crippen molar-refractivity contribution in [1.29, 1.82) is 0 Å². The number of hydrogen-bond donors (Lipinski definition) is 1. The van der Waals surface area contributed by atoms with Crippen LogP contribution in [-0.4, -0.2) is 19.7 Å². The maximum Gasteiger partial charge on any atom is 0.0991 e. The number of nitrogens with zero attached hydrogens (tertiary/aromatic N) is 3. The summed E-state index contributed by atoms with van der Waals surface area (Å²) < 4.78 is 1.97. The maximum absolute atomic E-state index is 4.02. The third-order valence-corrected chi connectivity index (χ3v) is 2.24. The van der Waals surface area contributed by atoms with Crippen LogP contribution in [0.15, 0.2) is 43.1 Å².